The van der Waals surface area contributed by atoms with Gasteiger partial charge in [0.1, 0.15) is 6.10 Å². The van der Waals surface area contributed by atoms with Crippen LogP contribution < -0.4 is 0 Å². The summed E-state index contributed by atoms with van der Waals surface area (Å²) in [6, 6.07) is 5.95. The predicted molar refractivity (Wildman–Crippen MR) is 69.9 cm³/mol. The van der Waals surface area contributed by atoms with Crippen molar-refractivity contribution in [3.05, 3.63) is 32.9 Å². The highest BCUT2D eigenvalue weighted by Crippen LogP contribution is 2.23. The summed E-state index contributed by atoms with van der Waals surface area (Å²) < 4.78 is 6.52. The molecule has 0 aromatic heterocycles. The summed E-state index contributed by atoms with van der Waals surface area (Å²) in [6.07, 6.45) is -0.374. The quantitative estimate of drug-likeness (QED) is 0.864. The number of hydrogen-bond donors (Lipinski definition) is 1. The number of halogens is 1. The van der Waals surface area contributed by atoms with Crippen LogP contribution in [0.3, 0.4) is 0 Å². The van der Waals surface area contributed by atoms with E-state index in [1.165, 1.54) is 5.56 Å². The van der Waals surface area contributed by atoms with E-state index in [4.69, 9.17) is 4.74 Å². The van der Waals surface area contributed by atoms with E-state index in [-0.39, 0.29) is 6.10 Å². The van der Waals surface area contributed by atoms with E-state index in [1.807, 2.05) is 39.0 Å². The summed E-state index contributed by atoms with van der Waals surface area (Å²) in [4.78, 5) is 0. The maximum atomic E-state index is 9.94. The Bertz CT molecular complexity index is 323. The lowest BCUT2D eigenvalue weighted by atomic mass is 10.1. The molecule has 0 bridgehead atoms. The fourth-order valence-electron chi connectivity index (χ4n) is 1.30. The van der Waals surface area contributed by atoms with Gasteiger partial charge in [0.15, 0.2) is 0 Å². The smallest absolute Gasteiger partial charge is 0.103 e. The SMILES string of the molecule is Cc1cccc(C(O)COC(C)C)c1I. The lowest BCUT2D eigenvalue weighted by Gasteiger charge is -2.16. The molecule has 84 valence electrons. The number of aliphatic hydroxyl groups excluding tert-OH is 1. The van der Waals surface area contributed by atoms with Crippen LogP contribution in [-0.2, 0) is 4.74 Å². The van der Waals surface area contributed by atoms with E-state index in [9.17, 15) is 5.11 Å². The Morgan fingerprint density at radius 3 is 2.67 bits per heavy atom. The summed E-state index contributed by atoms with van der Waals surface area (Å²) in [6.45, 7) is 6.33. The van der Waals surface area contributed by atoms with Crippen LogP contribution in [0.5, 0.6) is 0 Å². The van der Waals surface area contributed by atoms with Gasteiger partial charge in [0.05, 0.1) is 12.7 Å². The van der Waals surface area contributed by atoms with Gasteiger partial charge in [0.2, 0.25) is 0 Å². The predicted octanol–water partition coefficient (Wildman–Crippen LogP) is 3.06. The average Bonchev–Trinajstić information content (AvgIpc) is 2.18. The summed E-state index contributed by atoms with van der Waals surface area (Å²) in [7, 11) is 0. The summed E-state index contributed by atoms with van der Waals surface area (Å²) >= 11 is 2.26. The van der Waals surface area contributed by atoms with E-state index >= 15 is 0 Å². The molecule has 0 amide bonds. The fraction of sp³-hybridized carbons (Fsp3) is 0.500. The van der Waals surface area contributed by atoms with Crippen LogP contribution >= 0.6 is 22.6 Å². The minimum atomic E-state index is -0.529. The maximum absolute atomic E-state index is 9.94. The Balaban J connectivity index is 2.73. The van der Waals surface area contributed by atoms with Gasteiger partial charge in [0, 0.05) is 3.57 Å². The number of aliphatic hydroxyl groups is 1. The molecule has 0 aliphatic heterocycles. The van der Waals surface area contributed by atoms with Gasteiger partial charge in [-0.05, 0) is 54.5 Å². The van der Waals surface area contributed by atoms with Crippen molar-refractivity contribution in [2.24, 2.45) is 0 Å². The van der Waals surface area contributed by atoms with Crippen molar-refractivity contribution in [2.45, 2.75) is 33.0 Å². The summed E-state index contributed by atoms with van der Waals surface area (Å²) in [5.41, 5.74) is 2.15. The monoisotopic (exact) mass is 320 g/mol. The number of benzene rings is 1. The van der Waals surface area contributed by atoms with Crippen LogP contribution in [-0.4, -0.2) is 17.8 Å². The van der Waals surface area contributed by atoms with Crippen molar-refractivity contribution in [3.63, 3.8) is 0 Å². The first-order valence-corrected chi connectivity index (χ1v) is 6.15. The van der Waals surface area contributed by atoms with Crippen LogP contribution in [0.2, 0.25) is 0 Å². The molecule has 1 unspecified atom stereocenters. The fourth-order valence-corrected chi connectivity index (χ4v) is 2.02. The second kappa shape index (κ2) is 5.82. The topological polar surface area (TPSA) is 29.5 Å². The van der Waals surface area contributed by atoms with Gasteiger partial charge >= 0.3 is 0 Å². The standard InChI is InChI=1S/C12H17IO2/c1-8(2)15-7-11(14)10-6-4-5-9(3)12(10)13/h4-6,8,11,14H,7H2,1-3H3. The lowest BCUT2D eigenvalue weighted by Crippen LogP contribution is -2.13. The van der Waals surface area contributed by atoms with E-state index < -0.39 is 6.10 Å². The largest absolute Gasteiger partial charge is 0.386 e. The second-order valence-electron chi connectivity index (χ2n) is 3.88. The minimum absolute atomic E-state index is 0.155. The summed E-state index contributed by atoms with van der Waals surface area (Å²) in [5, 5.41) is 9.94. The Hall–Kier alpha value is -0.130. The van der Waals surface area contributed by atoms with Gasteiger partial charge in [-0.15, -0.1) is 0 Å². The molecule has 0 saturated carbocycles. The van der Waals surface area contributed by atoms with Crippen molar-refractivity contribution in [3.8, 4) is 0 Å². The molecule has 3 heteroatoms. The Labute approximate surface area is 105 Å². The van der Waals surface area contributed by atoms with Crippen molar-refractivity contribution in [2.75, 3.05) is 6.61 Å². The molecule has 0 radical (unpaired) electrons. The molecule has 0 aliphatic rings. The van der Waals surface area contributed by atoms with Crippen molar-refractivity contribution >= 4 is 22.6 Å². The van der Waals surface area contributed by atoms with Crippen LogP contribution in [0.4, 0.5) is 0 Å². The molecule has 0 heterocycles. The number of hydrogen-bond acceptors (Lipinski definition) is 2. The van der Waals surface area contributed by atoms with Gasteiger partial charge < -0.3 is 9.84 Å². The van der Waals surface area contributed by atoms with Gasteiger partial charge in [-0.1, -0.05) is 18.2 Å². The third-order valence-electron chi connectivity index (χ3n) is 2.17. The first-order chi connectivity index (χ1) is 7.02. The highest BCUT2D eigenvalue weighted by Gasteiger charge is 2.12. The highest BCUT2D eigenvalue weighted by atomic mass is 127. The molecular formula is C12H17IO2. The van der Waals surface area contributed by atoms with E-state index in [1.54, 1.807) is 0 Å². The second-order valence-corrected chi connectivity index (χ2v) is 4.95. The van der Waals surface area contributed by atoms with Gasteiger partial charge in [-0.2, -0.15) is 0 Å². The van der Waals surface area contributed by atoms with Gasteiger partial charge in [-0.25, -0.2) is 0 Å². The highest BCUT2D eigenvalue weighted by molar-refractivity contribution is 14.1. The molecule has 1 aromatic carbocycles. The normalized spacial score (nSPS) is 13.2. The minimum Gasteiger partial charge on any atom is -0.386 e. The lowest BCUT2D eigenvalue weighted by molar-refractivity contribution is 0.00460. The Morgan fingerprint density at radius 2 is 2.07 bits per heavy atom. The van der Waals surface area contributed by atoms with E-state index in [2.05, 4.69) is 22.6 Å². The molecule has 1 N–H and O–H groups in total. The van der Waals surface area contributed by atoms with Crippen molar-refractivity contribution in [1.29, 1.82) is 0 Å². The average molecular weight is 320 g/mol. The van der Waals surface area contributed by atoms with Crippen molar-refractivity contribution in [1.82, 2.24) is 0 Å². The molecule has 1 aromatic rings. The molecule has 0 spiro atoms. The Kier molecular flexibility index (Phi) is 5.02. The van der Waals surface area contributed by atoms with Crippen LogP contribution in [0, 0.1) is 10.5 Å². The first kappa shape index (κ1) is 12.9. The van der Waals surface area contributed by atoms with Crippen molar-refractivity contribution < 1.29 is 9.84 Å². The van der Waals surface area contributed by atoms with Gasteiger partial charge in [0.25, 0.3) is 0 Å². The van der Waals surface area contributed by atoms with E-state index in [0.717, 1.165) is 9.13 Å². The zero-order chi connectivity index (χ0) is 11.4. The molecule has 0 aliphatic carbocycles. The molecule has 1 rings (SSSR count). The number of rotatable bonds is 4. The first-order valence-electron chi connectivity index (χ1n) is 5.07. The third-order valence-corrected chi connectivity index (χ3v) is 3.64. The number of aryl methyl sites for hydroxylation is 1. The number of ether oxygens (including phenoxy) is 1. The van der Waals surface area contributed by atoms with Crippen LogP contribution in [0.1, 0.15) is 31.1 Å². The van der Waals surface area contributed by atoms with Crippen LogP contribution in [0.25, 0.3) is 0 Å². The molecule has 1 atom stereocenters. The van der Waals surface area contributed by atoms with Crippen LogP contribution in [0.15, 0.2) is 18.2 Å². The zero-order valence-corrected chi connectivity index (χ0v) is 11.5. The maximum Gasteiger partial charge on any atom is 0.103 e. The molecule has 2 nitrogen and oxygen atoms in total. The van der Waals surface area contributed by atoms with Gasteiger partial charge in [-0.3, -0.25) is 0 Å². The molecular weight excluding hydrogens is 303 g/mol. The molecule has 0 fully saturated rings. The summed E-state index contributed by atoms with van der Waals surface area (Å²) in [5.74, 6) is 0. The van der Waals surface area contributed by atoms with E-state index in [0.29, 0.717) is 6.61 Å². The Morgan fingerprint density at radius 1 is 1.40 bits per heavy atom. The molecule has 15 heavy (non-hydrogen) atoms. The third kappa shape index (κ3) is 3.74. The zero-order valence-electron chi connectivity index (χ0n) is 9.33. The molecule has 0 saturated heterocycles.